The van der Waals surface area contributed by atoms with Gasteiger partial charge < -0.3 is 33.9 Å². The van der Waals surface area contributed by atoms with Crippen LogP contribution in [0.3, 0.4) is 0 Å². The van der Waals surface area contributed by atoms with Crippen LogP contribution in [0.15, 0.2) is 60.7 Å². The Morgan fingerprint density at radius 3 is 2.29 bits per heavy atom. The molecule has 2 aliphatic rings. The van der Waals surface area contributed by atoms with Gasteiger partial charge in [0.15, 0.2) is 0 Å². The Kier molecular flexibility index (Phi) is 11.2. The number of unbranched alkanes of at least 4 members (excludes halogenated alkanes) is 2. The first-order chi connectivity index (χ1) is 23.0. The maximum atomic E-state index is 15.7. The van der Waals surface area contributed by atoms with Crippen LogP contribution in [0.5, 0.6) is 17.2 Å². The van der Waals surface area contributed by atoms with E-state index in [0.717, 1.165) is 30.6 Å². The zero-order valence-corrected chi connectivity index (χ0v) is 27.2. The minimum absolute atomic E-state index is 0.109. The molecule has 0 radical (unpaired) electrons. The summed E-state index contributed by atoms with van der Waals surface area (Å²) in [7, 11) is 1.60. The van der Waals surface area contributed by atoms with Gasteiger partial charge in [-0.15, -0.1) is 13.2 Å². The number of hydrogen-bond donors (Lipinski definition) is 1. The number of aliphatic carboxylic acids is 1. The van der Waals surface area contributed by atoms with E-state index in [-0.39, 0.29) is 31.4 Å². The summed E-state index contributed by atoms with van der Waals surface area (Å²) in [4.78, 5) is 16.5. The Balaban J connectivity index is 1.32. The lowest BCUT2D eigenvalue weighted by atomic mass is 9.79. The highest BCUT2D eigenvalue weighted by atomic mass is 19.4. The van der Waals surface area contributed by atoms with Crippen LogP contribution in [0.2, 0.25) is 0 Å². The van der Waals surface area contributed by atoms with Crippen LogP contribution >= 0.6 is 0 Å². The van der Waals surface area contributed by atoms with E-state index in [2.05, 4.69) is 11.7 Å². The highest BCUT2D eigenvalue weighted by molar-refractivity contribution is 5.75. The number of benzene rings is 3. The molecule has 0 aliphatic carbocycles. The van der Waals surface area contributed by atoms with E-state index in [1.807, 2.05) is 34.1 Å². The Labute approximate surface area is 278 Å². The predicted octanol–water partition coefficient (Wildman–Crippen LogP) is 7.97. The molecule has 3 aromatic rings. The molecule has 0 spiro atoms. The second-order valence-corrected chi connectivity index (χ2v) is 12.3. The Morgan fingerprint density at radius 2 is 1.67 bits per heavy atom. The molecule has 2 heterocycles. The van der Waals surface area contributed by atoms with Crippen LogP contribution < -0.4 is 24.0 Å². The average molecular weight is 675 g/mol. The van der Waals surface area contributed by atoms with E-state index in [4.69, 9.17) is 14.2 Å². The Bertz CT molecular complexity index is 1510. The summed E-state index contributed by atoms with van der Waals surface area (Å²) in [5, 5.41) is 10.3. The fraction of sp³-hybridized carbons (Fsp3) is 0.472. The third kappa shape index (κ3) is 8.44. The minimum Gasteiger partial charge on any atom is -0.497 e. The van der Waals surface area contributed by atoms with Crippen LogP contribution in [0.4, 0.5) is 28.9 Å². The van der Waals surface area contributed by atoms with Crippen molar-refractivity contribution in [2.24, 2.45) is 5.41 Å². The van der Waals surface area contributed by atoms with Crippen molar-refractivity contribution in [1.29, 1.82) is 0 Å². The van der Waals surface area contributed by atoms with Crippen molar-refractivity contribution in [2.75, 3.05) is 43.2 Å². The van der Waals surface area contributed by atoms with E-state index in [1.54, 1.807) is 13.2 Å². The standard InChI is InChI=1S/C36H42F4N2O6/c1-3-4-5-22-46-32-17-14-29-31(16-15-30(37)33(29)42(32)23-25-6-10-27(45-2)11-7-25)47-24-35(34(43)44)18-20-41(21-19-35)26-8-12-28(13-9-26)48-36(38,39)40/h6-13,15-16,32H,3-5,14,17-24H2,1-2H3,(H,43,44). The molecular formula is C36H42F4N2O6. The lowest BCUT2D eigenvalue weighted by Crippen LogP contribution is -2.48. The number of rotatable bonds is 14. The number of nitrogens with zero attached hydrogens (tertiary/aromatic N) is 2. The smallest absolute Gasteiger partial charge is 0.497 e. The molecule has 1 N–H and O–H groups in total. The molecule has 1 saturated heterocycles. The van der Waals surface area contributed by atoms with Crippen LogP contribution in [0, 0.1) is 11.2 Å². The van der Waals surface area contributed by atoms with Crippen molar-refractivity contribution >= 4 is 17.3 Å². The molecule has 2 aliphatic heterocycles. The number of anilines is 2. The van der Waals surface area contributed by atoms with Crippen molar-refractivity contribution in [2.45, 2.75) is 71.0 Å². The molecule has 1 atom stereocenters. The topological polar surface area (TPSA) is 80.7 Å². The molecular weight excluding hydrogens is 632 g/mol. The van der Waals surface area contributed by atoms with Gasteiger partial charge in [-0.3, -0.25) is 4.79 Å². The molecule has 48 heavy (non-hydrogen) atoms. The molecule has 1 fully saturated rings. The first-order valence-corrected chi connectivity index (χ1v) is 16.3. The first kappa shape index (κ1) is 35.1. The second kappa shape index (κ2) is 15.4. The third-order valence-electron chi connectivity index (χ3n) is 9.15. The number of methoxy groups -OCH3 is 1. The lowest BCUT2D eigenvalue weighted by molar-refractivity contribution is -0.274. The monoisotopic (exact) mass is 674 g/mol. The van der Waals surface area contributed by atoms with Gasteiger partial charge in [-0.05, 0) is 86.2 Å². The van der Waals surface area contributed by atoms with E-state index in [9.17, 15) is 23.1 Å². The van der Waals surface area contributed by atoms with Crippen molar-refractivity contribution in [1.82, 2.24) is 0 Å². The summed E-state index contributed by atoms with van der Waals surface area (Å²) < 4.78 is 75.2. The number of piperidine rings is 1. The lowest BCUT2D eigenvalue weighted by Gasteiger charge is -2.41. The van der Waals surface area contributed by atoms with Gasteiger partial charge in [-0.25, -0.2) is 4.39 Å². The summed E-state index contributed by atoms with van der Waals surface area (Å²) in [5.41, 5.74) is 1.50. The van der Waals surface area contributed by atoms with Gasteiger partial charge in [-0.1, -0.05) is 31.9 Å². The van der Waals surface area contributed by atoms with Crippen molar-refractivity contribution in [3.05, 3.63) is 77.6 Å². The first-order valence-electron chi connectivity index (χ1n) is 16.3. The minimum atomic E-state index is -4.78. The normalized spacial score (nSPS) is 17.5. The highest BCUT2D eigenvalue weighted by Crippen LogP contribution is 2.42. The fourth-order valence-corrected chi connectivity index (χ4v) is 6.38. The van der Waals surface area contributed by atoms with E-state index in [0.29, 0.717) is 61.8 Å². The number of hydrogen-bond acceptors (Lipinski definition) is 7. The van der Waals surface area contributed by atoms with E-state index >= 15 is 4.39 Å². The second-order valence-electron chi connectivity index (χ2n) is 12.3. The number of carboxylic acids is 1. The molecule has 260 valence electrons. The quantitative estimate of drug-likeness (QED) is 0.136. The van der Waals surface area contributed by atoms with Gasteiger partial charge in [0.1, 0.15) is 41.3 Å². The predicted molar refractivity (Wildman–Crippen MR) is 173 cm³/mol. The maximum absolute atomic E-state index is 15.7. The summed E-state index contributed by atoms with van der Waals surface area (Å²) in [6.07, 6.45) is -0.489. The van der Waals surface area contributed by atoms with Gasteiger partial charge >= 0.3 is 12.3 Å². The number of carboxylic acid groups (broad SMARTS) is 1. The van der Waals surface area contributed by atoms with Crippen LogP contribution in [-0.4, -0.2) is 57.1 Å². The number of carbonyl (C=O) groups is 1. The molecule has 0 aromatic heterocycles. The summed E-state index contributed by atoms with van der Waals surface area (Å²) >= 11 is 0. The highest BCUT2D eigenvalue weighted by Gasteiger charge is 2.43. The summed E-state index contributed by atoms with van der Waals surface area (Å²) in [5.74, 6) is -0.553. The van der Waals surface area contributed by atoms with Gasteiger partial charge in [0.05, 0.1) is 12.8 Å². The Hall–Kier alpha value is -4.19. The molecule has 0 amide bonds. The van der Waals surface area contributed by atoms with Crippen molar-refractivity contribution in [3.8, 4) is 17.2 Å². The molecule has 1 unspecified atom stereocenters. The van der Waals surface area contributed by atoms with E-state index < -0.39 is 23.6 Å². The maximum Gasteiger partial charge on any atom is 0.573 e. The molecule has 12 heteroatoms. The van der Waals surface area contributed by atoms with Gasteiger partial charge in [0.25, 0.3) is 0 Å². The van der Waals surface area contributed by atoms with E-state index in [1.165, 1.54) is 30.3 Å². The average Bonchev–Trinajstić information content (AvgIpc) is 3.07. The zero-order valence-electron chi connectivity index (χ0n) is 27.2. The van der Waals surface area contributed by atoms with Crippen molar-refractivity contribution < 1.29 is 46.4 Å². The van der Waals surface area contributed by atoms with Crippen LogP contribution in [0.25, 0.3) is 0 Å². The van der Waals surface area contributed by atoms with Crippen LogP contribution in [0.1, 0.15) is 56.6 Å². The molecule has 5 rings (SSSR count). The van der Waals surface area contributed by atoms with Crippen LogP contribution in [-0.2, 0) is 22.5 Å². The SMILES string of the molecule is CCCCCOC1CCc2c(OCC3(C(=O)O)CCN(c4ccc(OC(F)(F)F)cc4)CC3)ccc(F)c2N1Cc1ccc(OC)cc1. The number of ether oxygens (including phenoxy) is 4. The summed E-state index contributed by atoms with van der Waals surface area (Å²) in [6, 6.07) is 16.0. The summed E-state index contributed by atoms with van der Waals surface area (Å²) in [6.45, 7) is 3.71. The Morgan fingerprint density at radius 1 is 0.979 bits per heavy atom. The van der Waals surface area contributed by atoms with Gasteiger partial charge in [-0.2, -0.15) is 0 Å². The molecule has 0 saturated carbocycles. The molecule has 3 aromatic carbocycles. The molecule has 8 nitrogen and oxygen atoms in total. The number of halogens is 4. The van der Waals surface area contributed by atoms with Gasteiger partial charge in [0.2, 0.25) is 0 Å². The molecule has 0 bridgehead atoms. The largest absolute Gasteiger partial charge is 0.573 e. The number of fused-ring (bicyclic) bond motifs is 1. The van der Waals surface area contributed by atoms with Crippen molar-refractivity contribution in [3.63, 3.8) is 0 Å². The fourth-order valence-electron chi connectivity index (χ4n) is 6.38. The number of alkyl halides is 3. The van der Waals surface area contributed by atoms with Gasteiger partial charge in [0, 0.05) is 37.5 Å². The third-order valence-corrected chi connectivity index (χ3v) is 9.15. The zero-order chi connectivity index (χ0) is 34.3.